The predicted molar refractivity (Wildman–Crippen MR) is 74.6 cm³/mol. The van der Waals surface area contributed by atoms with Gasteiger partial charge in [-0.05, 0) is 11.6 Å². The largest absolute Gasteiger partial charge is 0.360 e. The lowest BCUT2D eigenvalue weighted by atomic mass is 10.3. The summed E-state index contributed by atoms with van der Waals surface area (Å²) in [6.45, 7) is 2.22. The van der Waals surface area contributed by atoms with Gasteiger partial charge < -0.3 is 5.32 Å². The Hall–Kier alpha value is -2.28. The number of pyridine rings is 1. The third-order valence-electron chi connectivity index (χ3n) is 2.57. The van der Waals surface area contributed by atoms with Crippen molar-refractivity contribution in [1.29, 1.82) is 0 Å². The van der Waals surface area contributed by atoms with E-state index in [-0.39, 0.29) is 16.7 Å². The Labute approximate surface area is 120 Å². The number of nitro groups is 1. The number of hydrogen-bond donors (Lipinski definition) is 1. The highest BCUT2D eigenvalue weighted by Gasteiger charge is 2.23. The summed E-state index contributed by atoms with van der Waals surface area (Å²) in [5, 5.41) is 13.8. The van der Waals surface area contributed by atoms with Gasteiger partial charge in [0.2, 0.25) is 11.0 Å². The van der Waals surface area contributed by atoms with Crippen LogP contribution in [0.1, 0.15) is 18.3 Å². The molecule has 0 radical (unpaired) electrons. The van der Waals surface area contributed by atoms with Crippen molar-refractivity contribution < 1.29 is 4.92 Å². The van der Waals surface area contributed by atoms with Gasteiger partial charge >= 0.3 is 5.69 Å². The summed E-state index contributed by atoms with van der Waals surface area (Å²) >= 11 is 5.84. The van der Waals surface area contributed by atoms with Crippen molar-refractivity contribution in [2.75, 3.05) is 5.32 Å². The zero-order valence-electron chi connectivity index (χ0n) is 10.7. The van der Waals surface area contributed by atoms with E-state index in [1.807, 2.05) is 13.0 Å². The fourth-order valence-corrected chi connectivity index (χ4v) is 1.86. The maximum atomic E-state index is 11.0. The molecule has 0 fully saturated rings. The second-order valence-corrected chi connectivity index (χ2v) is 4.31. The first kappa shape index (κ1) is 14.1. The molecule has 0 aromatic carbocycles. The van der Waals surface area contributed by atoms with E-state index in [0.717, 1.165) is 5.56 Å². The summed E-state index contributed by atoms with van der Waals surface area (Å²) in [6, 6.07) is 3.64. The first-order valence-corrected chi connectivity index (χ1v) is 6.33. The molecule has 0 amide bonds. The lowest BCUT2D eigenvalue weighted by Gasteiger charge is -2.08. The van der Waals surface area contributed by atoms with Gasteiger partial charge in [-0.25, -0.2) is 9.97 Å². The zero-order valence-corrected chi connectivity index (χ0v) is 11.5. The van der Waals surface area contributed by atoms with Crippen LogP contribution in [0, 0.1) is 10.1 Å². The number of aromatic nitrogens is 3. The molecule has 2 heterocycles. The number of anilines is 1. The molecule has 2 aromatic rings. The molecule has 0 bridgehead atoms. The van der Waals surface area contributed by atoms with E-state index < -0.39 is 4.92 Å². The van der Waals surface area contributed by atoms with Crippen LogP contribution in [0.5, 0.6) is 0 Å². The number of nitrogens with one attached hydrogen (secondary N) is 1. The lowest BCUT2D eigenvalue weighted by Crippen LogP contribution is -2.08. The van der Waals surface area contributed by atoms with E-state index in [4.69, 9.17) is 11.6 Å². The minimum atomic E-state index is -0.590. The maximum Gasteiger partial charge on any atom is 0.348 e. The average molecular weight is 294 g/mol. The van der Waals surface area contributed by atoms with Crippen LogP contribution in [0.4, 0.5) is 11.5 Å². The Bertz CT molecular complexity index is 621. The molecule has 0 saturated carbocycles. The van der Waals surface area contributed by atoms with Crippen LogP contribution >= 0.6 is 11.6 Å². The molecule has 7 nitrogen and oxygen atoms in total. The van der Waals surface area contributed by atoms with Crippen molar-refractivity contribution in [2.45, 2.75) is 19.9 Å². The van der Waals surface area contributed by atoms with Gasteiger partial charge in [0.05, 0.1) is 4.92 Å². The van der Waals surface area contributed by atoms with E-state index in [1.165, 1.54) is 0 Å². The molecule has 0 aliphatic carbocycles. The molecular formula is C12H12ClN5O2. The standard InChI is InChI=1S/C12H12ClN5O2/c1-2-9-16-11(13)10(18(19)20)12(17-9)15-7-8-4-3-5-14-6-8/h3-6H,2,7H2,1H3,(H,15,16,17). The molecule has 8 heteroatoms. The molecular weight excluding hydrogens is 282 g/mol. The van der Waals surface area contributed by atoms with Gasteiger partial charge in [-0.3, -0.25) is 15.1 Å². The highest BCUT2D eigenvalue weighted by molar-refractivity contribution is 6.31. The van der Waals surface area contributed by atoms with Crippen molar-refractivity contribution in [3.63, 3.8) is 0 Å². The Morgan fingerprint density at radius 3 is 2.85 bits per heavy atom. The molecule has 104 valence electrons. The molecule has 0 aliphatic rings. The first-order chi connectivity index (χ1) is 9.61. The normalized spacial score (nSPS) is 10.3. The fraction of sp³-hybridized carbons (Fsp3) is 0.250. The summed E-state index contributed by atoms with van der Waals surface area (Å²) in [5.41, 5.74) is 0.572. The van der Waals surface area contributed by atoms with E-state index in [1.54, 1.807) is 18.5 Å². The molecule has 2 rings (SSSR count). The minimum Gasteiger partial charge on any atom is -0.360 e. The predicted octanol–water partition coefficient (Wildman–Crippen LogP) is 2.61. The van der Waals surface area contributed by atoms with Crippen LogP contribution < -0.4 is 5.32 Å². The Kier molecular flexibility index (Phi) is 4.41. The van der Waals surface area contributed by atoms with Crippen LogP contribution in [0.3, 0.4) is 0 Å². The quantitative estimate of drug-likeness (QED) is 0.517. The maximum absolute atomic E-state index is 11.0. The van der Waals surface area contributed by atoms with E-state index in [0.29, 0.717) is 18.8 Å². The van der Waals surface area contributed by atoms with Crippen LogP contribution in [0.25, 0.3) is 0 Å². The zero-order chi connectivity index (χ0) is 14.5. The van der Waals surface area contributed by atoms with Crippen molar-refractivity contribution >= 4 is 23.1 Å². The van der Waals surface area contributed by atoms with Gasteiger partial charge in [-0.1, -0.05) is 24.6 Å². The fourth-order valence-electron chi connectivity index (χ4n) is 1.60. The SMILES string of the molecule is CCc1nc(Cl)c([N+](=O)[O-])c(NCc2cccnc2)n1. The van der Waals surface area contributed by atoms with Crippen LogP contribution in [-0.4, -0.2) is 19.9 Å². The number of rotatable bonds is 5. The number of hydrogen-bond acceptors (Lipinski definition) is 6. The van der Waals surface area contributed by atoms with E-state index in [2.05, 4.69) is 20.3 Å². The smallest absolute Gasteiger partial charge is 0.348 e. The summed E-state index contributed by atoms with van der Waals surface area (Å²) in [6.07, 6.45) is 3.87. The molecule has 0 saturated heterocycles. The second kappa shape index (κ2) is 6.25. The summed E-state index contributed by atoms with van der Waals surface area (Å²) in [5.74, 6) is 0.574. The number of halogens is 1. The lowest BCUT2D eigenvalue weighted by molar-refractivity contribution is -0.384. The Morgan fingerprint density at radius 1 is 1.45 bits per heavy atom. The van der Waals surface area contributed by atoms with Crippen LogP contribution in [0.15, 0.2) is 24.5 Å². The topological polar surface area (TPSA) is 93.8 Å². The summed E-state index contributed by atoms with van der Waals surface area (Å²) in [4.78, 5) is 22.4. The van der Waals surface area contributed by atoms with Gasteiger partial charge in [-0.15, -0.1) is 0 Å². The molecule has 0 unspecified atom stereocenters. The van der Waals surface area contributed by atoms with Gasteiger partial charge in [0.25, 0.3) is 0 Å². The molecule has 2 aromatic heterocycles. The summed E-state index contributed by atoms with van der Waals surface area (Å²) in [7, 11) is 0. The van der Waals surface area contributed by atoms with Crippen LogP contribution in [-0.2, 0) is 13.0 Å². The van der Waals surface area contributed by atoms with Crippen molar-refractivity contribution in [1.82, 2.24) is 15.0 Å². The highest BCUT2D eigenvalue weighted by Crippen LogP contribution is 2.29. The van der Waals surface area contributed by atoms with Crippen LogP contribution in [0.2, 0.25) is 5.15 Å². The molecule has 1 N–H and O–H groups in total. The third kappa shape index (κ3) is 3.18. The third-order valence-corrected chi connectivity index (χ3v) is 2.83. The Balaban J connectivity index is 2.29. The van der Waals surface area contributed by atoms with E-state index >= 15 is 0 Å². The molecule has 20 heavy (non-hydrogen) atoms. The molecule has 0 aliphatic heterocycles. The number of nitrogens with zero attached hydrogens (tertiary/aromatic N) is 4. The summed E-state index contributed by atoms with van der Waals surface area (Å²) < 4.78 is 0. The monoisotopic (exact) mass is 293 g/mol. The first-order valence-electron chi connectivity index (χ1n) is 5.95. The van der Waals surface area contributed by atoms with E-state index in [9.17, 15) is 10.1 Å². The van der Waals surface area contributed by atoms with Gasteiger partial charge in [0.15, 0.2) is 0 Å². The van der Waals surface area contributed by atoms with Crippen molar-refractivity contribution in [2.24, 2.45) is 0 Å². The van der Waals surface area contributed by atoms with Gasteiger partial charge in [0, 0.05) is 25.4 Å². The highest BCUT2D eigenvalue weighted by atomic mass is 35.5. The molecule has 0 spiro atoms. The second-order valence-electron chi connectivity index (χ2n) is 3.95. The minimum absolute atomic E-state index is 0.121. The van der Waals surface area contributed by atoms with Gasteiger partial charge in [-0.2, -0.15) is 0 Å². The van der Waals surface area contributed by atoms with Crippen molar-refractivity contribution in [3.8, 4) is 0 Å². The van der Waals surface area contributed by atoms with Gasteiger partial charge in [0.1, 0.15) is 5.82 Å². The Morgan fingerprint density at radius 2 is 2.25 bits per heavy atom. The number of aryl methyl sites for hydroxylation is 1. The average Bonchev–Trinajstić information content (AvgIpc) is 2.45. The van der Waals surface area contributed by atoms with Crippen molar-refractivity contribution in [3.05, 3.63) is 51.2 Å². The molecule has 0 atom stereocenters.